The minimum Gasteiger partial charge on any atom is -0.481 e. The Morgan fingerprint density at radius 3 is 2.28 bits per heavy atom. The number of carboxylic acid groups (broad SMARTS) is 1. The van der Waals surface area contributed by atoms with Gasteiger partial charge in [-0.1, -0.05) is 55.0 Å². The van der Waals surface area contributed by atoms with E-state index in [0.717, 1.165) is 35.1 Å². The van der Waals surface area contributed by atoms with Crippen LogP contribution in [-0.2, 0) is 14.3 Å². The molecule has 2 aliphatic rings. The Balaban J connectivity index is 1.30. The van der Waals surface area contributed by atoms with E-state index in [2.05, 4.69) is 22.8 Å². The first kappa shape index (κ1) is 21.9. The molecule has 0 saturated heterocycles. The van der Waals surface area contributed by atoms with Gasteiger partial charge in [0.1, 0.15) is 12.6 Å². The quantitative estimate of drug-likeness (QED) is 0.641. The van der Waals surface area contributed by atoms with E-state index >= 15 is 0 Å². The molecule has 32 heavy (non-hydrogen) atoms. The highest BCUT2D eigenvalue weighted by atomic mass is 16.5. The molecule has 0 bridgehead atoms. The van der Waals surface area contributed by atoms with Crippen molar-refractivity contribution < 1.29 is 24.2 Å². The van der Waals surface area contributed by atoms with Gasteiger partial charge in [-0.3, -0.25) is 9.59 Å². The molecule has 0 aliphatic heterocycles. The van der Waals surface area contributed by atoms with Crippen molar-refractivity contribution in [3.63, 3.8) is 0 Å². The number of amides is 2. The Morgan fingerprint density at radius 2 is 1.66 bits per heavy atom. The molecule has 0 aromatic heterocycles. The number of hydrogen-bond acceptors (Lipinski definition) is 4. The molecule has 1 saturated carbocycles. The minimum absolute atomic E-state index is 0.0486. The third-order valence-corrected chi connectivity index (χ3v) is 6.44. The molecule has 2 aromatic carbocycles. The fourth-order valence-corrected chi connectivity index (χ4v) is 4.75. The van der Waals surface area contributed by atoms with E-state index in [4.69, 9.17) is 4.74 Å². The summed E-state index contributed by atoms with van der Waals surface area (Å²) >= 11 is 0. The van der Waals surface area contributed by atoms with Crippen LogP contribution in [-0.4, -0.2) is 41.8 Å². The summed E-state index contributed by atoms with van der Waals surface area (Å²) in [4.78, 5) is 36.1. The number of ether oxygens (including phenoxy) is 1. The van der Waals surface area contributed by atoms with Crippen LogP contribution in [0.25, 0.3) is 11.1 Å². The van der Waals surface area contributed by atoms with E-state index in [0.29, 0.717) is 12.8 Å². The minimum atomic E-state index is -0.825. The highest BCUT2D eigenvalue weighted by molar-refractivity contribution is 5.85. The number of rotatable bonds is 6. The van der Waals surface area contributed by atoms with Crippen LogP contribution >= 0.6 is 0 Å². The third-order valence-electron chi connectivity index (χ3n) is 6.44. The average Bonchev–Trinajstić information content (AvgIpc) is 3.11. The number of carbonyl (C=O) groups excluding carboxylic acids is 2. The van der Waals surface area contributed by atoms with Gasteiger partial charge in [0.05, 0.1) is 5.92 Å². The van der Waals surface area contributed by atoms with Crippen molar-refractivity contribution in [3.05, 3.63) is 59.7 Å². The summed E-state index contributed by atoms with van der Waals surface area (Å²) in [6, 6.07) is 15.2. The first-order valence-corrected chi connectivity index (χ1v) is 11.1. The summed E-state index contributed by atoms with van der Waals surface area (Å²) in [6.45, 7) is 1.77. The second-order valence-corrected chi connectivity index (χ2v) is 8.60. The fourth-order valence-electron chi connectivity index (χ4n) is 4.75. The lowest BCUT2D eigenvalue weighted by atomic mass is 9.85. The molecule has 0 radical (unpaired) electrons. The molecule has 0 spiro atoms. The Kier molecular flexibility index (Phi) is 6.44. The first-order valence-electron chi connectivity index (χ1n) is 11.1. The summed E-state index contributed by atoms with van der Waals surface area (Å²) < 4.78 is 5.49. The van der Waals surface area contributed by atoms with E-state index in [1.165, 1.54) is 0 Å². The highest BCUT2D eigenvalue weighted by Crippen LogP contribution is 2.44. The Hall–Kier alpha value is -3.35. The molecule has 2 aromatic rings. The van der Waals surface area contributed by atoms with Gasteiger partial charge in [-0.05, 0) is 48.4 Å². The molecule has 4 rings (SSSR count). The summed E-state index contributed by atoms with van der Waals surface area (Å²) in [5.74, 6) is -1.64. The van der Waals surface area contributed by atoms with Crippen molar-refractivity contribution in [2.24, 2.45) is 5.92 Å². The van der Waals surface area contributed by atoms with Crippen molar-refractivity contribution in [2.45, 2.75) is 50.6 Å². The second-order valence-electron chi connectivity index (χ2n) is 8.60. The van der Waals surface area contributed by atoms with Crippen LogP contribution in [0.3, 0.4) is 0 Å². The maximum absolute atomic E-state index is 12.5. The van der Waals surface area contributed by atoms with E-state index in [-0.39, 0.29) is 24.5 Å². The summed E-state index contributed by atoms with van der Waals surface area (Å²) in [7, 11) is 0. The number of nitrogens with one attached hydrogen (secondary N) is 2. The van der Waals surface area contributed by atoms with Gasteiger partial charge in [0.25, 0.3) is 0 Å². The van der Waals surface area contributed by atoms with Crippen molar-refractivity contribution in [1.82, 2.24) is 10.6 Å². The number of hydrogen-bond donors (Lipinski definition) is 3. The molecule has 3 atom stereocenters. The van der Waals surface area contributed by atoms with Crippen molar-refractivity contribution in [1.29, 1.82) is 0 Å². The van der Waals surface area contributed by atoms with Gasteiger partial charge < -0.3 is 20.5 Å². The zero-order valence-electron chi connectivity index (χ0n) is 18.0. The Labute approximate surface area is 187 Å². The van der Waals surface area contributed by atoms with Crippen molar-refractivity contribution >= 4 is 18.0 Å². The smallest absolute Gasteiger partial charge is 0.407 e. The second kappa shape index (κ2) is 9.42. The Bertz CT molecular complexity index is 975. The maximum atomic E-state index is 12.5. The Morgan fingerprint density at radius 1 is 1.03 bits per heavy atom. The van der Waals surface area contributed by atoms with E-state index in [9.17, 15) is 19.5 Å². The van der Waals surface area contributed by atoms with Crippen LogP contribution in [0, 0.1) is 5.92 Å². The maximum Gasteiger partial charge on any atom is 0.407 e. The average molecular weight is 437 g/mol. The van der Waals surface area contributed by atoms with Crippen LogP contribution in [0.5, 0.6) is 0 Å². The molecular formula is C25H28N2O5. The van der Waals surface area contributed by atoms with E-state index in [1.807, 2.05) is 36.4 Å². The van der Waals surface area contributed by atoms with Gasteiger partial charge in [-0.15, -0.1) is 0 Å². The van der Waals surface area contributed by atoms with Crippen molar-refractivity contribution in [3.8, 4) is 11.1 Å². The van der Waals surface area contributed by atoms with Crippen molar-refractivity contribution in [2.75, 3.05) is 6.61 Å². The normalized spacial score (nSPS) is 20.5. The number of aliphatic carboxylic acids is 1. The SMILES string of the molecule is C[C@@H](NC(=O)OCC1c2ccccc2-c2ccccc21)C(=O)N[C@H]1CCC[C@@H](C(=O)O)C1. The molecule has 2 amide bonds. The first-order chi connectivity index (χ1) is 15.4. The van der Waals surface area contributed by atoms with Crippen LogP contribution in [0.4, 0.5) is 4.79 Å². The zero-order valence-corrected chi connectivity index (χ0v) is 18.0. The number of benzene rings is 2. The van der Waals surface area contributed by atoms with Crippen LogP contribution < -0.4 is 10.6 Å². The number of alkyl carbamates (subject to hydrolysis) is 1. The van der Waals surface area contributed by atoms with Crippen LogP contribution in [0.2, 0.25) is 0 Å². The lowest BCUT2D eigenvalue weighted by molar-refractivity contribution is -0.143. The lowest BCUT2D eigenvalue weighted by Crippen LogP contribution is -2.49. The molecule has 7 heteroatoms. The largest absolute Gasteiger partial charge is 0.481 e. The number of fused-ring (bicyclic) bond motifs is 3. The molecular weight excluding hydrogens is 408 g/mol. The van der Waals surface area contributed by atoms with Gasteiger partial charge >= 0.3 is 12.1 Å². The molecule has 0 heterocycles. The van der Waals surface area contributed by atoms with Gasteiger partial charge in [0, 0.05) is 12.0 Å². The highest BCUT2D eigenvalue weighted by Gasteiger charge is 2.31. The summed E-state index contributed by atoms with van der Waals surface area (Å²) in [6.07, 6.45) is 1.90. The lowest BCUT2D eigenvalue weighted by Gasteiger charge is -2.28. The van der Waals surface area contributed by atoms with Crippen LogP contribution in [0.1, 0.15) is 49.7 Å². The predicted molar refractivity (Wildman–Crippen MR) is 119 cm³/mol. The summed E-state index contributed by atoms with van der Waals surface area (Å²) in [5.41, 5.74) is 4.55. The van der Waals surface area contributed by atoms with Gasteiger partial charge in [-0.2, -0.15) is 0 Å². The summed E-state index contributed by atoms with van der Waals surface area (Å²) in [5, 5.41) is 14.6. The predicted octanol–water partition coefficient (Wildman–Crippen LogP) is 3.67. The monoisotopic (exact) mass is 436 g/mol. The third kappa shape index (κ3) is 4.61. The topological polar surface area (TPSA) is 105 Å². The standard InChI is InChI=1S/C25H28N2O5/c1-15(23(28)27-17-8-6-7-16(13-17)24(29)30)26-25(31)32-14-22-20-11-4-2-9-18(20)19-10-3-5-12-21(19)22/h2-5,9-12,15-17,22H,6-8,13-14H2,1H3,(H,26,31)(H,27,28)(H,29,30)/t15-,16-,17+/m1/s1. The van der Waals surface area contributed by atoms with Gasteiger partial charge in [0.2, 0.25) is 5.91 Å². The molecule has 1 fully saturated rings. The zero-order chi connectivity index (χ0) is 22.7. The molecule has 7 nitrogen and oxygen atoms in total. The number of carboxylic acids is 1. The molecule has 2 aliphatic carbocycles. The number of carbonyl (C=O) groups is 3. The van der Waals surface area contributed by atoms with E-state index < -0.39 is 24.0 Å². The molecule has 0 unspecified atom stereocenters. The van der Waals surface area contributed by atoms with E-state index in [1.54, 1.807) is 6.92 Å². The van der Waals surface area contributed by atoms with Gasteiger partial charge in [0.15, 0.2) is 0 Å². The molecule has 3 N–H and O–H groups in total. The van der Waals surface area contributed by atoms with Crippen LogP contribution in [0.15, 0.2) is 48.5 Å². The molecule has 168 valence electrons. The fraction of sp³-hybridized carbons (Fsp3) is 0.400. The van der Waals surface area contributed by atoms with Gasteiger partial charge in [-0.25, -0.2) is 4.79 Å².